The third-order valence-corrected chi connectivity index (χ3v) is 0.359. The van der Waals surface area contributed by atoms with Gasteiger partial charge in [-0.25, -0.2) is 0 Å². The van der Waals surface area contributed by atoms with Crippen molar-refractivity contribution >= 4 is 0 Å². The molecule has 0 amide bonds. The predicted octanol–water partition coefficient (Wildman–Crippen LogP) is -1.67. The van der Waals surface area contributed by atoms with Crippen molar-refractivity contribution in [2.75, 3.05) is 13.2 Å². The number of aliphatic hydroxyl groups is 3. The summed E-state index contributed by atoms with van der Waals surface area (Å²) in [6.45, 7) is -2.14. The van der Waals surface area contributed by atoms with Crippen molar-refractivity contribution in [2.45, 2.75) is 6.10 Å². The van der Waals surface area contributed by atoms with Gasteiger partial charge in [0, 0.05) is 0 Å². The Labute approximate surface area is 37.3 Å². The van der Waals surface area contributed by atoms with E-state index in [1.54, 1.807) is 0 Å². The van der Waals surface area contributed by atoms with Gasteiger partial charge in [0.25, 0.3) is 0 Å². The van der Waals surface area contributed by atoms with Crippen LogP contribution in [0.15, 0.2) is 0 Å². The number of rotatable bonds is 2. The average molecular weight is 94.1 g/mol. The smallest absolute Gasteiger partial charge is 0.100 e. The molecule has 3 heteroatoms. The van der Waals surface area contributed by atoms with E-state index in [0.717, 1.165) is 0 Å². The van der Waals surface area contributed by atoms with Crippen LogP contribution in [0.2, 0.25) is 0 Å². The van der Waals surface area contributed by atoms with Gasteiger partial charge in [0.15, 0.2) is 0 Å². The molecular formula is C3H8O3. The second-order valence-corrected chi connectivity index (χ2v) is 0.899. The Morgan fingerprint density at radius 2 is 2.17 bits per heavy atom. The van der Waals surface area contributed by atoms with Crippen molar-refractivity contribution in [3.8, 4) is 0 Å². The maximum absolute atomic E-state index is 8.25. The fourth-order valence-corrected chi connectivity index (χ4v) is 0.0471. The zero-order valence-electron chi connectivity index (χ0n) is 4.20. The minimum Gasteiger partial charge on any atom is -0.394 e. The van der Waals surface area contributed by atoms with Gasteiger partial charge in [-0.3, -0.25) is 0 Å². The number of hydrogen-bond donors (Lipinski definition) is 3. The van der Waals surface area contributed by atoms with Crippen molar-refractivity contribution in [3.05, 3.63) is 0 Å². The average Bonchev–Trinajstić information content (AvgIpc) is 1.65. The SMILES string of the molecule is [2H][13C@H](O)[C@H](O)CO. The Hall–Kier alpha value is -0.120. The Balaban J connectivity index is 3.14. The second-order valence-electron chi connectivity index (χ2n) is 0.899. The van der Waals surface area contributed by atoms with Crippen LogP contribution in [-0.2, 0) is 0 Å². The molecule has 0 fully saturated rings. The van der Waals surface area contributed by atoms with Crippen LogP contribution in [0.1, 0.15) is 1.37 Å². The first-order valence-electron chi connectivity index (χ1n) is 2.15. The first-order chi connectivity index (χ1) is 3.18. The van der Waals surface area contributed by atoms with Gasteiger partial charge >= 0.3 is 0 Å². The highest BCUT2D eigenvalue weighted by Crippen LogP contribution is 1.71. The molecule has 3 N–H and O–H groups in total. The summed E-state index contributed by atoms with van der Waals surface area (Å²) in [6.07, 6.45) is -1.32. The van der Waals surface area contributed by atoms with Crippen molar-refractivity contribution in [1.29, 1.82) is 0 Å². The molecule has 0 heterocycles. The van der Waals surface area contributed by atoms with Crippen LogP contribution < -0.4 is 0 Å². The maximum atomic E-state index is 8.25. The minimum atomic E-state index is -1.58. The standard InChI is InChI=1S/C3H8O3/c4-1-3(6)2-5/h3-6H,1-2H2/i1+1D/t1-,3-/m0/s1. The third-order valence-electron chi connectivity index (χ3n) is 0.359. The lowest BCUT2D eigenvalue weighted by Crippen LogP contribution is -2.15. The summed E-state index contributed by atoms with van der Waals surface area (Å²) in [4.78, 5) is 0. The lowest BCUT2D eigenvalue weighted by molar-refractivity contribution is 0.0450. The highest BCUT2D eigenvalue weighted by Gasteiger charge is 1.93. The van der Waals surface area contributed by atoms with E-state index in [0.29, 0.717) is 0 Å². The van der Waals surface area contributed by atoms with E-state index in [-0.39, 0.29) is 0 Å². The molecule has 2 atom stereocenters. The van der Waals surface area contributed by atoms with Crippen LogP contribution in [0.3, 0.4) is 0 Å². The molecule has 0 spiro atoms. The molecule has 0 aliphatic heterocycles. The largest absolute Gasteiger partial charge is 0.394 e. The molecular weight excluding hydrogens is 85.0 g/mol. The quantitative estimate of drug-likeness (QED) is 0.359. The molecule has 0 rings (SSSR count). The summed E-state index contributed by atoms with van der Waals surface area (Å²) in [7, 11) is 0. The third kappa shape index (κ3) is 2.14. The molecule has 0 bridgehead atoms. The molecule has 0 radical (unpaired) electrons. The van der Waals surface area contributed by atoms with Crippen molar-refractivity contribution in [3.63, 3.8) is 0 Å². The Bertz CT molecular complexity index is 47.4. The topological polar surface area (TPSA) is 60.7 Å². The number of hydrogen-bond acceptors (Lipinski definition) is 3. The summed E-state index contributed by atoms with van der Waals surface area (Å²) in [5, 5.41) is 24.3. The normalized spacial score (nSPS) is 22.2. The van der Waals surface area contributed by atoms with E-state index >= 15 is 0 Å². The van der Waals surface area contributed by atoms with Crippen LogP contribution in [-0.4, -0.2) is 34.6 Å². The summed E-state index contributed by atoms with van der Waals surface area (Å²) < 4.78 is 6.33. The molecule has 0 saturated carbocycles. The molecule has 0 saturated heterocycles. The van der Waals surface area contributed by atoms with E-state index in [4.69, 9.17) is 16.7 Å². The number of aliphatic hydroxyl groups excluding tert-OH is 3. The van der Waals surface area contributed by atoms with Gasteiger partial charge < -0.3 is 15.3 Å². The van der Waals surface area contributed by atoms with Crippen LogP contribution >= 0.6 is 0 Å². The van der Waals surface area contributed by atoms with Gasteiger partial charge in [0.05, 0.1) is 14.6 Å². The maximum Gasteiger partial charge on any atom is 0.100 e. The fourth-order valence-electron chi connectivity index (χ4n) is 0.0471. The van der Waals surface area contributed by atoms with Crippen LogP contribution in [0.5, 0.6) is 0 Å². The van der Waals surface area contributed by atoms with Crippen molar-refractivity contribution < 1.29 is 16.7 Å². The lowest BCUT2D eigenvalue weighted by Gasteiger charge is -1.96. The predicted molar refractivity (Wildman–Crippen MR) is 20.2 cm³/mol. The van der Waals surface area contributed by atoms with E-state index in [9.17, 15) is 0 Å². The van der Waals surface area contributed by atoms with E-state index in [2.05, 4.69) is 0 Å². The molecule has 0 aliphatic rings. The van der Waals surface area contributed by atoms with E-state index < -0.39 is 19.3 Å². The van der Waals surface area contributed by atoms with Crippen LogP contribution in [0, 0.1) is 0 Å². The zero-order chi connectivity index (χ0) is 5.86. The van der Waals surface area contributed by atoms with Crippen molar-refractivity contribution in [1.82, 2.24) is 0 Å². The Morgan fingerprint density at radius 3 is 2.17 bits per heavy atom. The molecule has 0 aromatic carbocycles. The summed E-state index contributed by atoms with van der Waals surface area (Å²) in [6, 6.07) is 0. The van der Waals surface area contributed by atoms with Gasteiger partial charge in [0.1, 0.15) is 6.10 Å². The van der Waals surface area contributed by atoms with Crippen LogP contribution in [0.4, 0.5) is 0 Å². The van der Waals surface area contributed by atoms with Gasteiger partial charge in [-0.15, -0.1) is 0 Å². The van der Waals surface area contributed by atoms with E-state index in [1.165, 1.54) is 0 Å². The highest BCUT2D eigenvalue weighted by atomic mass is 16.4. The molecule has 3 nitrogen and oxygen atoms in total. The molecule has 38 valence electrons. The Kier molecular flexibility index (Phi) is 2.08. The first kappa shape index (κ1) is 4.05. The van der Waals surface area contributed by atoms with Gasteiger partial charge in [-0.1, -0.05) is 0 Å². The summed E-state index contributed by atoms with van der Waals surface area (Å²) in [5.74, 6) is 0. The molecule has 0 unspecified atom stereocenters. The molecule has 0 aliphatic carbocycles. The summed E-state index contributed by atoms with van der Waals surface area (Å²) >= 11 is 0. The van der Waals surface area contributed by atoms with Gasteiger partial charge in [-0.05, 0) is 0 Å². The lowest BCUT2D eigenvalue weighted by atomic mass is 10.6. The zero-order valence-corrected chi connectivity index (χ0v) is 3.20. The molecule has 0 aromatic heterocycles. The fraction of sp³-hybridized carbons (Fsp3) is 1.00. The monoisotopic (exact) mass is 94.1 g/mol. The summed E-state index contributed by atoms with van der Waals surface area (Å²) in [5.41, 5.74) is 0. The van der Waals surface area contributed by atoms with Crippen molar-refractivity contribution in [2.24, 2.45) is 0 Å². The Morgan fingerprint density at radius 1 is 1.67 bits per heavy atom. The first-order valence-corrected chi connectivity index (χ1v) is 1.57. The van der Waals surface area contributed by atoms with Gasteiger partial charge in [0.2, 0.25) is 0 Å². The van der Waals surface area contributed by atoms with Crippen LogP contribution in [0.25, 0.3) is 0 Å². The second kappa shape index (κ2) is 3.08. The molecule has 6 heavy (non-hydrogen) atoms. The molecule has 0 aromatic rings. The minimum absolute atomic E-state index is 0.565. The van der Waals surface area contributed by atoms with Gasteiger partial charge in [-0.2, -0.15) is 0 Å². The highest BCUT2D eigenvalue weighted by molar-refractivity contribution is 4.43. The van der Waals surface area contributed by atoms with E-state index in [1.807, 2.05) is 0 Å².